The van der Waals surface area contributed by atoms with Gasteiger partial charge < -0.3 is 5.32 Å². The zero-order chi connectivity index (χ0) is 9.26. The zero-order valence-electron chi connectivity index (χ0n) is 7.63. The number of aryl methyl sites for hydroxylation is 2. The van der Waals surface area contributed by atoms with Gasteiger partial charge in [0.25, 0.3) is 0 Å². The van der Waals surface area contributed by atoms with Crippen molar-refractivity contribution in [3.05, 3.63) is 29.1 Å². The third-order valence-electron chi connectivity index (χ3n) is 2.27. The van der Waals surface area contributed by atoms with Gasteiger partial charge >= 0.3 is 0 Å². The van der Waals surface area contributed by atoms with Crippen molar-refractivity contribution < 1.29 is 4.79 Å². The number of nitrogens with one attached hydrogen (secondary N) is 1. The lowest BCUT2D eigenvalue weighted by molar-refractivity contribution is -0.121. The lowest BCUT2D eigenvalue weighted by Gasteiger charge is -2.04. The van der Waals surface area contributed by atoms with Crippen molar-refractivity contribution in [3.8, 4) is 0 Å². The minimum Gasteiger partial charge on any atom is -0.352 e. The van der Waals surface area contributed by atoms with Crippen molar-refractivity contribution in [2.75, 3.05) is 0 Å². The van der Waals surface area contributed by atoms with E-state index in [9.17, 15) is 4.79 Å². The molecule has 1 aliphatic heterocycles. The van der Waals surface area contributed by atoms with E-state index in [1.54, 1.807) is 0 Å². The summed E-state index contributed by atoms with van der Waals surface area (Å²) in [6, 6.07) is 4.03. The second kappa shape index (κ2) is 3.17. The summed E-state index contributed by atoms with van der Waals surface area (Å²) < 4.78 is 0. The first-order valence-corrected chi connectivity index (χ1v) is 4.48. The highest BCUT2D eigenvalue weighted by Gasteiger charge is 2.12. The summed E-state index contributed by atoms with van der Waals surface area (Å²) >= 11 is 0. The van der Waals surface area contributed by atoms with Gasteiger partial charge in [0.15, 0.2) is 0 Å². The van der Waals surface area contributed by atoms with Gasteiger partial charge in [-0.1, -0.05) is 6.07 Å². The summed E-state index contributed by atoms with van der Waals surface area (Å²) in [6.45, 7) is 2.60. The number of hydrogen-bond acceptors (Lipinski definition) is 2. The summed E-state index contributed by atoms with van der Waals surface area (Å²) in [5.41, 5.74) is 3.24. The van der Waals surface area contributed by atoms with Crippen molar-refractivity contribution in [2.45, 2.75) is 26.3 Å². The Balaban J connectivity index is 2.35. The molecule has 0 fully saturated rings. The highest BCUT2D eigenvalue weighted by Crippen LogP contribution is 2.12. The zero-order valence-corrected chi connectivity index (χ0v) is 7.63. The molecule has 0 saturated heterocycles. The molecule has 0 saturated carbocycles. The lowest BCUT2D eigenvalue weighted by Crippen LogP contribution is -2.20. The van der Waals surface area contributed by atoms with Crippen LogP contribution in [0.4, 0.5) is 0 Å². The standard InChI is InChI=1S/C10H12N2O/c1-7-2-3-8-6-11-10(13)5-4-9(8)12-7/h2-3H,4-6H2,1H3,(H,11,13). The van der Waals surface area contributed by atoms with Gasteiger partial charge in [0.05, 0.1) is 0 Å². The molecule has 68 valence electrons. The third-order valence-corrected chi connectivity index (χ3v) is 2.27. The molecule has 2 rings (SSSR count). The van der Waals surface area contributed by atoms with E-state index < -0.39 is 0 Å². The number of carbonyl (C=O) groups is 1. The average Bonchev–Trinajstić information content (AvgIpc) is 2.29. The molecule has 13 heavy (non-hydrogen) atoms. The fourth-order valence-corrected chi connectivity index (χ4v) is 1.53. The van der Waals surface area contributed by atoms with Gasteiger partial charge in [-0.25, -0.2) is 0 Å². The summed E-state index contributed by atoms with van der Waals surface area (Å²) in [5.74, 6) is 0.121. The number of carbonyl (C=O) groups excluding carboxylic acids is 1. The molecule has 1 N–H and O–H groups in total. The van der Waals surface area contributed by atoms with Crippen molar-refractivity contribution in [2.24, 2.45) is 0 Å². The van der Waals surface area contributed by atoms with E-state index in [-0.39, 0.29) is 5.91 Å². The van der Waals surface area contributed by atoms with E-state index in [0.717, 1.165) is 23.4 Å². The smallest absolute Gasteiger partial charge is 0.220 e. The number of rotatable bonds is 0. The molecular formula is C10H12N2O. The first-order chi connectivity index (χ1) is 6.25. The van der Waals surface area contributed by atoms with Crippen molar-refractivity contribution in [3.63, 3.8) is 0 Å². The van der Waals surface area contributed by atoms with Crippen LogP contribution in [0, 0.1) is 6.92 Å². The predicted molar refractivity (Wildman–Crippen MR) is 49.1 cm³/mol. The lowest BCUT2D eigenvalue weighted by atomic mass is 10.1. The normalized spacial score (nSPS) is 15.9. The topological polar surface area (TPSA) is 42.0 Å². The maximum Gasteiger partial charge on any atom is 0.220 e. The minimum atomic E-state index is 0.121. The van der Waals surface area contributed by atoms with Crippen LogP contribution >= 0.6 is 0 Å². The predicted octanol–water partition coefficient (Wildman–Crippen LogP) is 0.952. The Labute approximate surface area is 77.2 Å². The van der Waals surface area contributed by atoms with E-state index in [4.69, 9.17) is 0 Å². The number of nitrogens with zero attached hydrogens (tertiary/aromatic N) is 1. The first kappa shape index (κ1) is 8.23. The van der Waals surface area contributed by atoms with Crippen molar-refractivity contribution in [1.82, 2.24) is 10.3 Å². The quantitative estimate of drug-likeness (QED) is 0.639. The van der Waals surface area contributed by atoms with Crippen LogP contribution in [0.15, 0.2) is 12.1 Å². The van der Waals surface area contributed by atoms with Crippen LogP contribution in [-0.4, -0.2) is 10.9 Å². The molecule has 0 atom stereocenters. The van der Waals surface area contributed by atoms with E-state index in [1.807, 2.05) is 19.1 Å². The number of amides is 1. The Bertz CT molecular complexity index is 347. The monoisotopic (exact) mass is 176 g/mol. The van der Waals surface area contributed by atoms with Crippen LogP contribution in [0.2, 0.25) is 0 Å². The van der Waals surface area contributed by atoms with E-state index in [1.165, 1.54) is 0 Å². The van der Waals surface area contributed by atoms with Crippen LogP contribution in [-0.2, 0) is 17.8 Å². The molecule has 3 nitrogen and oxygen atoms in total. The second-order valence-corrected chi connectivity index (χ2v) is 3.34. The van der Waals surface area contributed by atoms with Crippen molar-refractivity contribution >= 4 is 5.91 Å². The summed E-state index contributed by atoms with van der Waals surface area (Å²) in [4.78, 5) is 15.5. The van der Waals surface area contributed by atoms with Gasteiger partial charge in [-0.05, 0) is 25.0 Å². The van der Waals surface area contributed by atoms with Gasteiger partial charge in [-0.3, -0.25) is 9.78 Å². The van der Waals surface area contributed by atoms with Gasteiger partial charge in [0, 0.05) is 24.4 Å². The fourth-order valence-electron chi connectivity index (χ4n) is 1.53. The van der Waals surface area contributed by atoms with Crippen LogP contribution in [0.5, 0.6) is 0 Å². The summed E-state index contributed by atoms with van der Waals surface area (Å²) in [5, 5.41) is 2.84. The third kappa shape index (κ3) is 1.69. The number of aromatic nitrogens is 1. The molecular weight excluding hydrogens is 164 g/mol. The van der Waals surface area contributed by atoms with Crippen molar-refractivity contribution in [1.29, 1.82) is 0 Å². The van der Waals surface area contributed by atoms with E-state index in [0.29, 0.717) is 13.0 Å². The van der Waals surface area contributed by atoms with Gasteiger partial charge in [0.1, 0.15) is 0 Å². The number of fused-ring (bicyclic) bond motifs is 1. The maximum atomic E-state index is 11.1. The van der Waals surface area contributed by atoms with Crippen LogP contribution < -0.4 is 5.32 Å². The summed E-state index contributed by atoms with van der Waals surface area (Å²) in [6.07, 6.45) is 1.33. The Morgan fingerprint density at radius 1 is 1.38 bits per heavy atom. The maximum absolute atomic E-state index is 11.1. The SMILES string of the molecule is Cc1ccc2c(n1)CCC(=O)NC2. The van der Waals surface area contributed by atoms with Crippen LogP contribution in [0.25, 0.3) is 0 Å². The van der Waals surface area contributed by atoms with Gasteiger partial charge in [-0.2, -0.15) is 0 Å². The van der Waals surface area contributed by atoms with Crippen LogP contribution in [0.1, 0.15) is 23.4 Å². The molecule has 2 heterocycles. The van der Waals surface area contributed by atoms with Crippen LogP contribution in [0.3, 0.4) is 0 Å². The first-order valence-electron chi connectivity index (χ1n) is 4.48. The molecule has 3 heteroatoms. The van der Waals surface area contributed by atoms with E-state index in [2.05, 4.69) is 10.3 Å². The minimum absolute atomic E-state index is 0.121. The molecule has 0 spiro atoms. The largest absolute Gasteiger partial charge is 0.352 e. The molecule has 1 aliphatic rings. The summed E-state index contributed by atoms with van der Waals surface area (Å²) in [7, 11) is 0. The highest BCUT2D eigenvalue weighted by molar-refractivity contribution is 5.76. The fraction of sp³-hybridized carbons (Fsp3) is 0.400. The van der Waals surface area contributed by atoms with E-state index >= 15 is 0 Å². The van der Waals surface area contributed by atoms with Gasteiger partial charge in [0.2, 0.25) is 5.91 Å². The Kier molecular flexibility index (Phi) is 2.00. The molecule has 1 aromatic heterocycles. The number of hydrogen-bond donors (Lipinski definition) is 1. The highest BCUT2D eigenvalue weighted by atomic mass is 16.1. The Morgan fingerprint density at radius 3 is 3.08 bits per heavy atom. The van der Waals surface area contributed by atoms with Gasteiger partial charge in [-0.15, -0.1) is 0 Å². The Hall–Kier alpha value is -1.38. The molecule has 0 unspecified atom stereocenters. The average molecular weight is 176 g/mol. The number of pyridine rings is 1. The Morgan fingerprint density at radius 2 is 2.23 bits per heavy atom. The molecule has 1 aromatic rings. The molecule has 1 amide bonds. The second-order valence-electron chi connectivity index (χ2n) is 3.34. The molecule has 0 aromatic carbocycles. The molecule has 0 radical (unpaired) electrons. The molecule has 0 bridgehead atoms. The molecule has 0 aliphatic carbocycles.